The van der Waals surface area contributed by atoms with E-state index in [4.69, 9.17) is 0 Å². The van der Waals surface area contributed by atoms with Crippen LogP contribution in [0.5, 0.6) is 0 Å². The normalized spacial score (nSPS) is 27.1. The maximum absolute atomic E-state index is 13.3. The molecule has 0 aromatic heterocycles. The zero-order chi connectivity index (χ0) is 25.9. The molecule has 0 N–H and O–H groups in total. The molecule has 4 aliphatic rings. The Morgan fingerprint density at radius 2 is 0.757 bits per heavy atom. The summed E-state index contributed by atoms with van der Waals surface area (Å²) >= 11 is 0. The highest BCUT2D eigenvalue weighted by Gasteiger charge is 2.49. The van der Waals surface area contributed by atoms with Crippen molar-refractivity contribution in [1.29, 1.82) is 0 Å². The number of benzene rings is 2. The lowest BCUT2D eigenvalue weighted by atomic mass is 9.85. The van der Waals surface area contributed by atoms with Gasteiger partial charge in [-0.2, -0.15) is 0 Å². The van der Waals surface area contributed by atoms with Crippen molar-refractivity contribution in [1.82, 2.24) is 0 Å². The standard InChI is InChI=1S/C28H24N2O6S/c31-25-21-5-1-2-6-22(21)26(32)29(25)17-9-13-19(14-10-17)37(35,36)20-15-11-18(12-16-20)30-27(33)23-7-3-4-8-24(23)28(30)34/h1-4,9-16,21-24H,5-8H2. The number of carbonyl (C=O) groups excluding carboxylic acids is 4. The first kappa shape index (κ1) is 23.5. The van der Waals surface area contributed by atoms with Crippen molar-refractivity contribution in [3.63, 3.8) is 0 Å². The van der Waals surface area contributed by atoms with Crippen LogP contribution in [0.15, 0.2) is 82.6 Å². The predicted octanol–water partition coefficient (Wildman–Crippen LogP) is 3.43. The number of hydrogen-bond acceptors (Lipinski definition) is 6. The lowest BCUT2D eigenvalue weighted by Gasteiger charge is -2.16. The first-order chi connectivity index (χ1) is 17.8. The minimum absolute atomic E-state index is 0.00703. The van der Waals surface area contributed by atoms with E-state index in [0.29, 0.717) is 37.1 Å². The molecule has 8 nitrogen and oxygen atoms in total. The fraction of sp³-hybridized carbons (Fsp3) is 0.286. The maximum Gasteiger partial charge on any atom is 0.238 e. The van der Waals surface area contributed by atoms with E-state index in [9.17, 15) is 27.6 Å². The number of sulfone groups is 1. The second-order valence-electron chi connectivity index (χ2n) is 9.83. The molecule has 2 saturated heterocycles. The summed E-state index contributed by atoms with van der Waals surface area (Å²) in [6.07, 6.45) is 9.77. The molecular weight excluding hydrogens is 492 g/mol. The van der Waals surface area contributed by atoms with Crippen LogP contribution in [-0.4, -0.2) is 32.0 Å². The molecule has 0 radical (unpaired) electrons. The summed E-state index contributed by atoms with van der Waals surface area (Å²) in [7, 11) is -3.91. The summed E-state index contributed by atoms with van der Waals surface area (Å²) in [6.45, 7) is 0. The summed E-state index contributed by atoms with van der Waals surface area (Å²) in [5.41, 5.74) is 0.696. The van der Waals surface area contributed by atoms with Gasteiger partial charge in [0.1, 0.15) is 0 Å². The van der Waals surface area contributed by atoms with Gasteiger partial charge in [0.15, 0.2) is 0 Å². The average molecular weight is 517 g/mol. The Kier molecular flexibility index (Phi) is 5.49. The molecule has 2 aromatic carbocycles. The van der Waals surface area contributed by atoms with Crippen molar-refractivity contribution in [3.8, 4) is 0 Å². The van der Waals surface area contributed by atoms with Crippen LogP contribution < -0.4 is 9.80 Å². The topological polar surface area (TPSA) is 109 Å². The van der Waals surface area contributed by atoms with E-state index in [0.717, 1.165) is 9.80 Å². The van der Waals surface area contributed by atoms with Gasteiger partial charge in [0.25, 0.3) is 0 Å². The molecule has 2 aliphatic heterocycles. The molecule has 188 valence electrons. The van der Waals surface area contributed by atoms with Crippen molar-refractivity contribution in [2.75, 3.05) is 9.80 Å². The fourth-order valence-electron chi connectivity index (χ4n) is 5.79. The van der Waals surface area contributed by atoms with Gasteiger partial charge in [0.2, 0.25) is 33.5 Å². The second kappa shape index (κ2) is 8.62. The second-order valence-corrected chi connectivity index (χ2v) is 11.8. The summed E-state index contributed by atoms with van der Waals surface area (Å²) in [5, 5.41) is 0. The van der Waals surface area contributed by atoms with Crippen molar-refractivity contribution < 1.29 is 27.6 Å². The van der Waals surface area contributed by atoms with E-state index >= 15 is 0 Å². The van der Waals surface area contributed by atoms with Crippen LogP contribution in [0.3, 0.4) is 0 Å². The van der Waals surface area contributed by atoms with Crippen LogP contribution >= 0.6 is 0 Å². The minimum atomic E-state index is -3.91. The SMILES string of the molecule is O=C1C2CC=CCC2C(=O)N1c1ccc(S(=O)(=O)c2ccc(N3C(=O)C4CC=CCC4C3=O)cc2)cc1. The van der Waals surface area contributed by atoms with Gasteiger partial charge in [-0.25, -0.2) is 8.42 Å². The zero-order valence-electron chi connectivity index (χ0n) is 19.8. The van der Waals surface area contributed by atoms with Crippen molar-refractivity contribution in [2.24, 2.45) is 23.7 Å². The number of rotatable bonds is 4. The summed E-state index contributed by atoms with van der Waals surface area (Å²) in [6, 6.07) is 11.4. The number of fused-ring (bicyclic) bond motifs is 2. The molecule has 2 fully saturated rings. The zero-order valence-corrected chi connectivity index (χ0v) is 20.6. The van der Waals surface area contributed by atoms with Gasteiger partial charge >= 0.3 is 0 Å². The Labute approximate surface area is 214 Å². The Hall–Kier alpha value is -3.85. The van der Waals surface area contributed by atoms with Gasteiger partial charge in [-0.3, -0.25) is 29.0 Å². The summed E-state index contributed by atoms with van der Waals surface area (Å²) in [4.78, 5) is 53.6. The number of hydrogen-bond donors (Lipinski definition) is 0. The number of anilines is 2. The third kappa shape index (κ3) is 3.60. The Balaban J connectivity index is 1.23. The molecule has 0 spiro atoms. The van der Waals surface area contributed by atoms with Crippen LogP contribution in [0.2, 0.25) is 0 Å². The molecule has 0 saturated carbocycles. The van der Waals surface area contributed by atoms with Crippen molar-refractivity contribution in [3.05, 3.63) is 72.8 Å². The van der Waals surface area contributed by atoms with E-state index < -0.39 is 9.84 Å². The lowest BCUT2D eigenvalue weighted by molar-refractivity contribution is -0.124. The van der Waals surface area contributed by atoms with E-state index in [1.807, 2.05) is 24.3 Å². The highest BCUT2D eigenvalue weighted by atomic mass is 32.2. The molecule has 37 heavy (non-hydrogen) atoms. The minimum Gasteiger partial charge on any atom is -0.274 e. The van der Waals surface area contributed by atoms with Crippen LogP contribution in [0.1, 0.15) is 25.7 Å². The fourth-order valence-corrected chi connectivity index (χ4v) is 7.06. The molecule has 2 aliphatic carbocycles. The van der Waals surface area contributed by atoms with E-state index in [-0.39, 0.29) is 57.1 Å². The molecular formula is C28H24N2O6S. The highest BCUT2D eigenvalue weighted by molar-refractivity contribution is 7.91. The van der Waals surface area contributed by atoms with E-state index in [2.05, 4.69) is 0 Å². The van der Waals surface area contributed by atoms with Crippen LogP contribution in [0.25, 0.3) is 0 Å². The third-order valence-corrected chi connectivity index (χ3v) is 9.61. The van der Waals surface area contributed by atoms with E-state index in [1.54, 1.807) is 0 Å². The summed E-state index contributed by atoms with van der Waals surface area (Å²) in [5.74, 6) is -2.50. The van der Waals surface area contributed by atoms with Crippen molar-refractivity contribution >= 4 is 44.8 Å². The van der Waals surface area contributed by atoms with Gasteiger partial charge in [-0.1, -0.05) is 24.3 Å². The Bertz CT molecular complexity index is 1330. The van der Waals surface area contributed by atoms with Gasteiger partial charge in [-0.15, -0.1) is 0 Å². The molecule has 0 bridgehead atoms. The van der Waals surface area contributed by atoms with Crippen LogP contribution in [-0.2, 0) is 29.0 Å². The summed E-state index contributed by atoms with van der Waals surface area (Å²) < 4.78 is 26.5. The first-order valence-corrected chi connectivity index (χ1v) is 13.8. The average Bonchev–Trinajstić information content (AvgIpc) is 3.33. The largest absolute Gasteiger partial charge is 0.274 e. The first-order valence-electron chi connectivity index (χ1n) is 12.3. The van der Waals surface area contributed by atoms with Crippen molar-refractivity contribution in [2.45, 2.75) is 35.5 Å². The van der Waals surface area contributed by atoms with Crippen LogP contribution in [0, 0.1) is 23.7 Å². The van der Waals surface area contributed by atoms with Gasteiger partial charge < -0.3 is 0 Å². The molecule has 2 aromatic rings. The van der Waals surface area contributed by atoms with Gasteiger partial charge in [0, 0.05) is 0 Å². The number of carbonyl (C=O) groups is 4. The Morgan fingerprint density at radius 3 is 1.03 bits per heavy atom. The monoisotopic (exact) mass is 516 g/mol. The Morgan fingerprint density at radius 1 is 0.486 bits per heavy atom. The molecule has 4 unspecified atom stereocenters. The quantitative estimate of drug-likeness (QED) is 0.455. The predicted molar refractivity (Wildman–Crippen MR) is 134 cm³/mol. The molecule has 6 rings (SSSR count). The lowest BCUT2D eigenvalue weighted by Crippen LogP contribution is -2.30. The van der Waals surface area contributed by atoms with Gasteiger partial charge in [-0.05, 0) is 74.2 Å². The highest BCUT2D eigenvalue weighted by Crippen LogP contribution is 2.39. The molecule has 4 amide bonds. The van der Waals surface area contributed by atoms with Crippen LogP contribution in [0.4, 0.5) is 11.4 Å². The van der Waals surface area contributed by atoms with E-state index in [1.165, 1.54) is 48.5 Å². The van der Waals surface area contributed by atoms with Gasteiger partial charge in [0.05, 0.1) is 44.8 Å². The molecule has 9 heteroatoms. The number of amides is 4. The molecule has 2 heterocycles. The number of allylic oxidation sites excluding steroid dienone is 4. The molecule has 4 atom stereocenters. The number of imide groups is 2. The maximum atomic E-state index is 13.3. The third-order valence-electron chi connectivity index (χ3n) is 7.83. The number of nitrogens with zero attached hydrogens (tertiary/aromatic N) is 2. The smallest absolute Gasteiger partial charge is 0.238 e.